The van der Waals surface area contributed by atoms with Gasteiger partial charge < -0.3 is 10.4 Å². The number of nitrogens with one attached hydrogen (secondary N) is 1. The number of pyridine rings is 1. The molecule has 1 fully saturated rings. The Kier molecular flexibility index (Phi) is 3.97. The molecule has 1 aliphatic carbocycles. The quantitative estimate of drug-likeness (QED) is 0.852. The first kappa shape index (κ1) is 13.0. The van der Waals surface area contributed by atoms with Crippen LogP contribution >= 0.6 is 0 Å². The summed E-state index contributed by atoms with van der Waals surface area (Å²) in [5.41, 5.74) is 1.38. The molecule has 0 aromatic carbocycles. The Morgan fingerprint density at radius 2 is 2.33 bits per heavy atom. The topological polar surface area (TPSA) is 62.2 Å². The van der Waals surface area contributed by atoms with Gasteiger partial charge in [-0.05, 0) is 44.2 Å². The summed E-state index contributed by atoms with van der Waals surface area (Å²) in [4.78, 5) is 16.3. The fourth-order valence-corrected chi connectivity index (χ4v) is 2.48. The summed E-state index contributed by atoms with van der Waals surface area (Å²) < 4.78 is 0. The van der Waals surface area contributed by atoms with E-state index in [4.69, 9.17) is 0 Å². The molecule has 1 aliphatic rings. The smallest absolute Gasteiger partial charge is 0.253 e. The summed E-state index contributed by atoms with van der Waals surface area (Å²) >= 11 is 0. The Morgan fingerprint density at radius 3 is 2.89 bits per heavy atom. The first-order chi connectivity index (χ1) is 8.61. The number of nitrogens with zero attached hydrogens (tertiary/aromatic N) is 1. The third-order valence-electron chi connectivity index (χ3n) is 3.73. The summed E-state index contributed by atoms with van der Waals surface area (Å²) in [6.45, 7) is 3.90. The van der Waals surface area contributed by atoms with Crippen LogP contribution in [0.4, 0.5) is 0 Å². The minimum absolute atomic E-state index is 0.0613. The number of amides is 1. The van der Waals surface area contributed by atoms with Crippen LogP contribution < -0.4 is 5.32 Å². The molecule has 0 bridgehead atoms. The number of aromatic nitrogens is 1. The normalized spacial score (nSPS) is 24.2. The minimum Gasteiger partial charge on any atom is -0.393 e. The summed E-state index contributed by atoms with van der Waals surface area (Å²) in [6, 6.07) is 3.72. The second kappa shape index (κ2) is 5.48. The van der Waals surface area contributed by atoms with Crippen LogP contribution in [0.2, 0.25) is 0 Å². The van der Waals surface area contributed by atoms with Gasteiger partial charge in [0.15, 0.2) is 0 Å². The highest BCUT2D eigenvalue weighted by Crippen LogP contribution is 2.31. The largest absolute Gasteiger partial charge is 0.393 e. The van der Waals surface area contributed by atoms with E-state index in [0.29, 0.717) is 11.5 Å². The van der Waals surface area contributed by atoms with Crippen molar-refractivity contribution in [3.8, 4) is 0 Å². The Bertz CT molecular complexity index is 428. The van der Waals surface area contributed by atoms with Gasteiger partial charge in [0.25, 0.3) is 5.91 Å². The lowest BCUT2D eigenvalue weighted by molar-refractivity contribution is 0.0232. The van der Waals surface area contributed by atoms with Crippen molar-refractivity contribution in [2.45, 2.75) is 45.3 Å². The number of carbonyl (C=O) groups excluding carboxylic acids is 1. The van der Waals surface area contributed by atoms with Crippen LogP contribution in [0, 0.1) is 12.8 Å². The molecule has 1 aromatic heterocycles. The lowest BCUT2D eigenvalue weighted by Gasteiger charge is -2.37. The van der Waals surface area contributed by atoms with Gasteiger partial charge >= 0.3 is 0 Å². The zero-order valence-corrected chi connectivity index (χ0v) is 10.9. The highest BCUT2D eigenvalue weighted by atomic mass is 16.3. The highest BCUT2D eigenvalue weighted by Gasteiger charge is 2.33. The summed E-state index contributed by atoms with van der Waals surface area (Å²) in [5.74, 6) is 0.347. The SMILES string of the molecule is CC[C@@H](NC(=O)c1cccnc1C)C1CC(O)C1. The van der Waals surface area contributed by atoms with E-state index >= 15 is 0 Å². The molecule has 0 saturated heterocycles. The van der Waals surface area contributed by atoms with Gasteiger partial charge in [0, 0.05) is 17.9 Å². The van der Waals surface area contributed by atoms with Crippen molar-refractivity contribution < 1.29 is 9.90 Å². The van der Waals surface area contributed by atoms with E-state index < -0.39 is 0 Å². The molecule has 0 unspecified atom stereocenters. The monoisotopic (exact) mass is 248 g/mol. The summed E-state index contributed by atoms with van der Waals surface area (Å²) in [7, 11) is 0. The van der Waals surface area contributed by atoms with E-state index in [2.05, 4.69) is 17.2 Å². The number of aliphatic hydroxyl groups excluding tert-OH is 1. The Labute approximate surface area is 107 Å². The van der Waals surface area contributed by atoms with Gasteiger partial charge in [0.05, 0.1) is 11.7 Å². The van der Waals surface area contributed by atoms with Crippen molar-refractivity contribution in [3.63, 3.8) is 0 Å². The maximum Gasteiger partial charge on any atom is 0.253 e. The van der Waals surface area contributed by atoms with Crippen LogP contribution in [0.5, 0.6) is 0 Å². The van der Waals surface area contributed by atoms with Crippen LogP contribution in [-0.2, 0) is 0 Å². The van der Waals surface area contributed by atoms with Crippen molar-refractivity contribution in [1.29, 1.82) is 0 Å². The third-order valence-corrected chi connectivity index (χ3v) is 3.73. The van der Waals surface area contributed by atoms with Crippen LogP contribution in [-0.4, -0.2) is 28.1 Å². The fraction of sp³-hybridized carbons (Fsp3) is 0.571. The van der Waals surface area contributed by atoms with Crippen molar-refractivity contribution >= 4 is 5.91 Å². The minimum atomic E-state index is -0.180. The molecule has 18 heavy (non-hydrogen) atoms. The van der Waals surface area contributed by atoms with Crippen molar-refractivity contribution in [1.82, 2.24) is 10.3 Å². The van der Waals surface area contributed by atoms with Crippen LogP contribution in [0.15, 0.2) is 18.3 Å². The van der Waals surface area contributed by atoms with E-state index in [9.17, 15) is 9.90 Å². The molecule has 1 atom stereocenters. The van der Waals surface area contributed by atoms with Gasteiger partial charge in [0.1, 0.15) is 0 Å². The maximum atomic E-state index is 12.1. The molecular formula is C14H20N2O2. The van der Waals surface area contributed by atoms with Crippen molar-refractivity contribution in [2.24, 2.45) is 5.92 Å². The number of carbonyl (C=O) groups is 1. The van der Waals surface area contributed by atoms with Crippen molar-refractivity contribution in [3.05, 3.63) is 29.6 Å². The van der Waals surface area contributed by atoms with Gasteiger partial charge in [-0.2, -0.15) is 0 Å². The van der Waals surface area contributed by atoms with Gasteiger partial charge in [0.2, 0.25) is 0 Å². The standard InChI is InChI=1S/C14H20N2O2/c1-3-13(10-7-11(17)8-10)16-14(18)12-5-4-6-15-9(12)2/h4-6,10-11,13,17H,3,7-8H2,1-2H3,(H,16,18)/t10?,11?,13-/m1/s1. The number of hydrogen-bond donors (Lipinski definition) is 2. The average molecular weight is 248 g/mol. The third kappa shape index (κ3) is 2.70. The van der Waals surface area contributed by atoms with E-state index in [1.165, 1.54) is 0 Å². The molecule has 0 aliphatic heterocycles. The van der Waals surface area contributed by atoms with E-state index in [1.54, 1.807) is 18.3 Å². The molecule has 2 rings (SSSR count). The summed E-state index contributed by atoms with van der Waals surface area (Å²) in [6.07, 6.45) is 3.99. The van der Waals surface area contributed by atoms with Crippen LogP contribution in [0.25, 0.3) is 0 Å². The molecular weight excluding hydrogens is 228 g/mol. The first-order valence-electron chi connectivity index (χ1n) is 6.52. The molecule has 1 amide bonds. The molecule has 98 valence electrons. The number of rotatable bonds is 4. The highest BCUT2D eigenvalue weighted by molar-refractivity contribution is 5.95. The number of hydrogen-bond acceptors (Lipinski definition) is 3. The zero-order valence-electron chi connectivity index (χ0n) is 10.9. The molecule has 1 aromatic rings. The van der Waals surface area contributed by atoms with E-state index in [1.807, 2.05) is 6.92 Å². The predicted octanol–water partition coefficient (Wildman–Crippen LogP) is 1.67. The van der Waals surface area contributed by atoms with Crippen LogP contribution in [0.1, 0.15) is 42.2 Å². The Balaban J connectivity index is 2.00. The lowest BCUT2D eigenvalue weighted by atomic mass is 9.76. The number of aliphatic hydroxyl groups is 1. The van der Waals surface area contributed by atoms with Gasteiger partial charge in [-0.3, -0.25) is 9.78 Å². The molecule has 4 heteroatoms. The van der Waals surface area contributed by atoms with E-state index in [0.717, 1.165) is 25.0 Å². The van der Waals surface area contributed by atoms with Gasteiger partial charge in [-0.25, -0.2) is 0 Å². The predicted molar refractivity (Wildman–Crippen MR) is 69.3 cm³/mol. The molecule has 0 radical (unpaired) electrons. The Morgan fingerprint density at radius 1 is 1.61 bits per heavy atom. The van der Waals surface area contributed by atoms with E-state index in [-0.39, 0.29) is 18.1 Å². The van der Waals surface area contributed by atoms with Gasteiger partial charge in [-0.15, -0.1) is 0 Å². The van der Waals surface area contributed by atoms with Crippen LogP contribution in [0.3, 0.4) is 0 Å². The second-order valence-electron chi connectivity index (χ2n) is 5.01. The molecule has 4 nitrogen and oxygen atoms in total. The summed E-state index contributed by atoms with van der Waals surface area (Å²) in [5, 5.41) is 12.4. The second-order valence-corrected chi connectivity index (χ2v) is 5.01. The fourth-order valence-electron chi connectivity index (χ4n) is 2.48. The zero-order chi connectivity index (χ0) is 13.1. The maximum absolute atomic E-state index is 12.1. The Hall–Kier alpha value is -1.42. The average Bonchev–Trinajstić information content (AvgIpc) is 2.33. The molecule has 0 spiro atoms. The lowest BCUT2D eigenvalue weighted by Crippen LogP contribution is -2.46. The van der Waals surface area contributed by atoms with Crippen molar-refractivity contribution in [2.75, 3.05) is 0 Å². The molecule has 1 heterocycles. The molecule has 2 N–H and O–H groups in total. The number of aryl methyl sites for hydroxylation is 1. The molecule has 1 saturated carbocycles. The van der Waals surface area contributed by atoms with Gasteiger partial charge in [-0.1, -0.05) is 6.92 Å². The first-order valence-corrected chi connectivity index (χ1v) is 6.52.